The maximum absolute atomic E-state index is 4.66. The quantitative estimate of drug-likeness (QED) is 0.556. The molecule has 2 nitrogen and oxygen atoms in total. The molecule has 114 valence electrons. The molecule has 0 spiro atoms. The van der Waals surface area contributed by atoms with E-state index < -0.39 is 0 Å². The molecule has 2 heteroatoms. The molecule has 0 aromatic heterocycles. The average molecular weight is 300 g/mol. The van der Waals surface area contributed by atoms with E-state index in [0.29, 0.717) is 12.4 Å². The van der Waals surface area contributed by atoms with Gasteiger partial charge in [-0.05, 0) is 42.3 Å². The van der Waals surface area contributed by atoms with Crippen molar-refractivity contribution in [2.45, 2.75) is 12.8 Å². The van der Waals surface area contributed by atoms with Crippen LogP contribution in [0, 0.1) is 0 Å². The summed E-state index contributed by atoms with van der Waals surface area (Å²) in [5, 5.41) is 0. The van der Waals surface area contributed by atoms with Crippen molar-refractivity contribution in [3.05, 3.63) is 84.0 Å². The SMILES string of the molecule is C=NC(=NCC1=CC=CCC1)c1cccc(-c2ccccc2)c1. The normalized spacial score (nSPS) is 14.4. The van der Waals surface area contributed by atoms with Crippen molar-refractivity contribution in [2.75, 3.05) is 6.54 Å². The first-order valence-electron chi connectivity index (χ1n) is 7.88. The van der Waals surface area contributed by atoms with Gasteiger partial charge in [-0.25, -0.2) is 4.99 Å². The van der Waals surface area contributed by atoms with Crippen LogP contribution in [0.5, 0.6) is 0 Å². The van der Waals surface area contributed by atoms with Gasteiger partial charge in [0, 0.05) is 5.56 Å². The van der Waals surface area contributed by atoms with E-state index in [-0.39, 0.29) is 0 Å². The Morgan fingerprint density at radius 2 is 1.83 bits per heavy atom. The summed E-state index contributed by atoms with van der Waals surface area (Å²) in [7, 11) is 0. The van der Waals surface area contributed by atoms with E-state index in [2.05, 4.69) is 59.2 Å². The predicted molar refractivity (Wildman–Crippen MR) is 99.3 cm³/mol. The van der Waals surface area contributed by atoms with Crippen LogP contribution >= 0.6 is 0 Å². The standard InChI is InChI=1S/C21H20N2/c1-22-21(23-16-17-9-4-2-5-10-17)20-14-8-13-19(15-20)18-11-6-3-7-12-18/h2-4,6-9,11-15H,1,5,10,16H2. The first kappa shape index (κ1) is 15.2. The molecule has 0 saturated heterocycles. The van der Waals surface area contributed by atoms with E-state index in [1.165, 1.54) is 16.7 Å². The maximum atomic E-state index is 4.66. The summed E-state index contributed by atoms with van der Waals surface area (Å²) in [4.78, 5) is 8.79. The lowest BCUT2D eigenvalue weighted by Crippen LogP contribution is -2.01. The summed E-state index contributed by atoms with van der Waals surface area (Å²) in [6.07, 6.45) is 8.61. The number of benzene rings is 2. The summed E-state index contributed by atoms with van der Waals surface area (Å²) in [5.74, 6) is 0.707. The van der Waals surface area contributed by atoms with Gasteiger partial charge in [-0.15, -0.1) is 0 Å². The third-order valence-electron chi connectivity index (χ3n) is 3.91. The first-order chi connectivity index (χ1) is 11.4. The van der Waals surface area contributed by atoms with E-state index in [0.717, 1.165) is 18.4 Å². The molecule has 2 aromatic carbocycles. The number of aliphatic imine (C=N–C) groups is 2. The van der Waals surface area contributed by atoms with Crippen LogP contribution in [0.2, 0.25) is 0 Å². The lowest BCUT2D eigenvalue weighted by atomic mass is 10.0. The van der Waals surface area contributed by atoms with E-state index >= 15 is 0 Å². The molecular weight excluding hydrogens is 280 g/mol. The highest BCUT2D eigenvalue weighted by Gasteiger charge is 2.05. The predicted octanol–water partition coefficient (Wildman–Crippen LogP) is 5.08. The number of allylic oxidation sites excluding steroid dienone is 3. The molecule has 1 aliphatic rings. The Morgan fingerprint density at radius 3 is 2.57 bits per heavy atom. The Hall–Kier alpha value is -2.74. The molecule has 0 unspecified atom stereocenters. The third kappa shape index (κ3) is 3.92. The molecule has 3 rings (SSSR count). The monoisotopic (exact) mass is 300 g/mol. The molecule has 0 bridgehead atoms. The molecule has 0 saturated carbocycles. The zero-order chi connectivity index (χ0) is 15.9. The van der Waals surface area contributed by atoms with Crippen LogP contribution < -0.4 is 0 Å². The second kappa shape index (κ2) is 7.50. The number of hydrogen-bond acceptors (Lipinski definition) is 1. The summed E-state index contributed by atoms with van der Waals surface area (Å²) < 4.78 is 0. The highest BCUT2D eigenvalue weighted by molar-refractivity contribution is 6.02. The summed E-state index contributed by atoms with van der Waals surface area (Å²) >= 11 is 0. The summed E-state index contributed by atoms with van der Waals surface area (Å²) in [6.45, 7) is 4.38. The van der Waals surface area contributed by atoms with Gasteiger partial charge >= 0.3 is 0 Å². The van der Waals surface area contributed by atoms with Crippen LogP contribution in [0.25, 0.3) is 11.1 Å². The third-order valence-corrected chi connectivity index (χ3v) is 3.91. The zero-order valence-electron chi connectivity index (χ0n) is 13.2. The fraction of sp³-hybridized carbons (Fsp3) is 0.143. The van der Waals surface area contributed by atoms with Crippen LogP contribution in [-0.4, -0.2) is 19.1 Å². The van der Waals surface area contributed by atoms with Gasteiger partial charge < -0.3 is 0 Å². The van der Waals surface area contributed by atoms with E-state index in [4.69, 9.17) is 0 Å². The molecule has 23 heavy (non-hydrogen) atoms. The minimum Gasteiger partial charge on any atom is -0.262 e. The highest BCUT2D eigenvalue weighted by atomic mass is 14.9. The van der Waals surface area contributed by atoms with Gasteiger partial charge in [0.2, 0.25) is 0 Å². The van der Waals surface area contributed by atoms with Gasteiger partial charge in [-0.1, -0.05) is 66.8 Å². The molecular formula is C21H20N2. The summed E-state index contributed by atoms with van der Waals surface area (Å²) in [6, 6.07) is 18.6. The second-order valence-electron chi connectivity index (χ2n) is 5.54. The first-order valence-corrected chi connectivity index (χ1v) is 7.88. The summed E-state index contributed by atoms with van der Waals surface area (Å²) in [5.41, 5.74) is 4.71. The Labute approximate surface area is 137 Å². The van der Waals surface area contributed by atoms with Crippen molar-refractivity contribution >= 4 is 12.6 Å². The zero-order valence-corrected chi connectivity index (χ0v) is 13.2. The molecule has 0 fully saturated rings. The van der Waals surface area contributed by atoms with Crippen LogP contribution in [-0.2, 0) is 0 Å². The topological polar surface area (TPSA) is 24.7 Å². The lowest BCUT2D eigenvalue weighted by Gasteiger charge is -2.08. The maximum Gasteiger partial charge on any atom is 0.154 e. The lowest BCUT2D eigenvalue weighted by molar-refractivity contribution is 0.915. The molecule has 0 N–H and O–H groups in total. The van der Waals surface area contributed by atoms with Crippen molar-refractivity contribution in [3.63, 3.8) is 0 Å². The van der Waals surface area contributed by atoms with Crippen molar-refractivity contribution < 1.29 is 0 Å². The van der Waals surface area contributed by atoms with Crippen LogP contribution in [0.1, 0.15) is 18.4 Å². The Bertz CT molecular complexity index is 767. The molecule has 0 radical (unpaired) electrons. The average Bonchev–Trinajstić information content (AvgIpc) is 2.64. The fourth-order valence-electron chi connectivity index (χ4n) is 2.66. The van der Waals surface area contributed by atoms with E-state index in [1.54, 1.807) is 0 Å². The number of amidine groups is 1. The van der Waals surface area contributed by atoms with Gasteiger partial charge in [-0.3, -0.25) is 4.99 Å². The van der Waals surface area contributed by atoms with Gasteiger partial charge in [0.15, 0.2) is 5.84 Å². The second-order valence-corrected chi connectivity index (χ2v) is 5.54. The fourth-order valence-corrected chi connectivity index (χ4v) is 2.66. The van der Waals surface area contributed by atoms with Crippen molar-refractivity contribution in [1.82, 2.24) is 0 Å². The number of rotatable bonds is 4. The minimum atomic E-state index is 0.689. The van der Waals surface area contributed by atoms with Crippen molar-refractivity contribution in [1.29, 1.82) is 0 Å². The molecule has 0 atom stereocenters. The Morgan fingerprint density at radius 1 is 1.00 bits per heavy atom. The van der Waals surface area contributed by atoms with Gasteiger partial charge in [0.25, 0.3) is 0 Å². The van der Waals surface area contributed by atoms with Crippen LogP contribution in [0.4, 0.5) is 0 Å². The van der Waals surface area contributed by atoms with E-state index in [9.17, 15) is 0 Å². The van der Waals surface area contributed by atoms with Gasteiger partial charge in [0.05, 0.1) is 6.54 Å². The van der Waals surface area contributed by atoms with Gasteiger partial charge in [0.1, 0.15) is 0 Å². The van der Waals surface area contributed by atoms with Crippen molar-refractivity contribution in [3.8, 4) is 11.1 Å². The van der Waals surface area contributed by atoms with E-state index in [1.807, 2.05) is 30.3 Å². The minimum absolute atomic E-state index is 0.689. The highest BCUT2D eigenvalue weighted by Crippen LogP contribution is 2.21. The molecule has 2 aromatic rings. The number of nitrogens with zero attached hydrogens (tertiary/aromatic N) is 2. The Balaban J connectivity index is 1.85. The molecule has 0 heterocycles. The molecule has 0 amide bonds. The largest absolute Gasteiger partial charge is 0.262 e. The smallest absolute Gasteiger partial charge is 0.154 e. The van der Waals surface area contributed by atoms with Gasteiger partial charge in [-0.2, -0.15) is 0 Å². The van der Waals surface area contributed by atoms with Crippen LogP contribution in [0.15, 0.2) is 88.4 Å². The Kier molecular flexibility index (Phi) is 4.95. The van der Waals surface area contributed by atoms with Crippen LogP contribution in [0.3, 0.4) is 0 Å². The van der Waals surface area contributed by atoms with Crippen molar-refractivity contribution in [2.24, 2.45) is 9.98 Å². The number of hydrogen-bond donors (Lipinski definition) is 0. The molecule has 1 aliphatic carbocycles. The molecule has 0 aliphatic heterocycles.